The molecule has 2 amide bonds. The third kappa shape index (κ3) is 5.33. The largest absolute Gasteiger partial charge is 0.433 e. The minimum atomic E-state index is -3.00. The average molecular weight is 343 g/mol. The molecular formula is C14H13ClF2N4O2. The second-order valence-electron chi connectivity index (χ2n) is 4.43. The maximum atomic E-state index is 12.2. The van der Waals surface area contributed by atoms with Gasteiger partial charge in [-0.15, -0.1) is 0 Å². The number of nitrogens with zero attached hydrogens (tertiary/aromatic N) is 2. The summed E-state index contributed by atoms with van der Waals surface area (Å²) in [5.41, 5.74) is 0.909. The number of carbonyl (C=O) groups is 1. The number of benzene rings is 1. The van der Waals surface area contributed by atoms with E-state index in [0.29, 0.717) is 11.5 Å². The molecule has 0 saturated carbocycles. The lowest BCUT2D eigenvalue weighted by atomic mass is 10.3. The van der Waals surface area contributed by atoms with Gasteiger partial charge >= 0.3 is 12.6 Å². The molecule has 0 aliphatic heterocycles. The summed E-state index contributed by atoms with van der Waals surface area (Å²) in [5.74, 6) is 0.377. The summed E-state index contributed by atoms with van der Waals surface area (Å²) in [6.07, 6.45) is 1.59. The minimum Gasteiger partial charge on any atom is -0.433 e. The molecule has 23 heavy (non-hydrogen) atoms. The number of aromatic nitrogens is 2. The average Bonchev–Trinajstić information content (AvgIpc) is 2.48. The van der Waals surface area contributed by atoms with Crippen LogP contribution >= 0.6 is 11.6 Å². The molecule has 0 fully saturated rings. The number of ether oxygens (including phenoxy) is 1. The van der Waals surface area contributed by atoms with Crippen LogP contribution in [0, 0.1) is 6.92 Å². The van der Waals surface area contributed by atoms with Crippen molar-refractivity contribution in [3.8, 4) is 5.75 Å². The summed E-state index contributed by atoms with van der Waals surface area (Å²) < 4.78 is 28.7. The van der Waals surface area contributed by atoms with Gasteiger partial charge in [-0.3, -0.25) is 0 Å². The van der Waals surface area contributed by atoms with E-state index < -0.39 is 12.6 Å². The first kappa shape index (κ1) is 16.9. The predicted octanol–water partition coefficient (Wildman–Crippen LogP) is 3.36. The highest BCUT2D eigenvalue weighted by Gasteiger charge is 2.10. The van der Waals surface area contributed by atoms with Crippen molar-refractivity contribution in [1.82, 2.24) is 15.3 Å². The van der Waals surface area contributed by atoms with Crippen LogP contribution in [0.4, 0.5) is 19.3 Å². The maximum absolute atomic E-state index is 12.2. The van der Waals surface area contributed by atoms with Crippen molar-refractivity contribution in [2.75, 3.05) is 5.32 Å². The number of urea groups is 1. The van der Waals surface area contributed by atoms with Crippen molar-refractivity contribution >= 4 is 23.3 Å². The maximum Gasteiger partial charge on any atom is 0.387 e. The van der Waals surface area contributed by atoms with Gasteiger partial charge in [-0.2, -0.15) is 8.78 Å². The summed E-state index contributed by atoms with van der Waals surface area (Å²) in [6.45, 7) is -1.07. The van der Waals surface area contributed by atoms with Gasteiger partial charge in [0.2, 0.25) is 0 Å². The quantitative estimate of drug-likeness (QED) is 0.873. The number of aryl methyl sites for hydroxylation is 1. The van der Waals surface area contributed by atoms with Crippen LogP contribution in [-0.4, -0.2) is 22.6 Å². The molecule has 0 aliphatic rings. The van der Waals surface area contributed by atoms with Crippen LogP contribution in [0.2, 0.25) is 5.02 Å². The molecule has 0 unspecified atom stereocenters. The highest BCUT2D eigenvalue weighted by atomic mass is 35.5. The van der Waals surface area contributed by atoms with Gasteiger partial charge in [0.05, 0.1) is 17.3 Å². The molecule has 0 spiro atoms. The zero-order valence-electron chi connectivity index (χ0n) is 12.0. The summed E-state index contributed by atoms with van der Waals surface area (Å²) in [6, 6.07) is 5.18. The Balaban J connectivity index is 1.94. The molecule has 0 atom stereocenters. The first-order valence-corrected chi connectivity index (χ1v) is 6.89. The molecule has 2 N–H and O–H groups in total. The van der Waals surface area contributed by atoms with Crippen LogP contribution in [0.15, 0.2) is 30.5 Å². The lowest BCUT2D eigenvalue weighted by Crippen LogP contribution is -2.28. The fourth-order valence-corrected chi connectivity index (χ4v) is 1.88. The highest BCUT2D eigenvalue weighted by Crippen LogP contribution is 2.29. The van der Waals surface area contributed by atoms with Gasteiger partial charge in [0.1, 0.15) is 11.6 Å². The minimum absolute atomic E-state index is 0.0210. The molecule has 2 rings (SSSR count). The molecule has 0 aliphatic carbocycles. The second-order valence-corrected chi connectivity index (χ2v) is 4.83. The summed E-state index contributed by atoms with van der Waals surface area (Å²) in [4.78, 5) is 19.9. The number of anilines is 1. The summed E-state index contributed by atoms with van der Waals surface area (Å²) >= 11 is 5.73. The lowest BCUT2D eigenvalue weighted by molar-refractivity contribution is -0.0497. The van der Waals surface area contributed by atoms with Crippen molar-refractivity contribution in [3.63, 3.8) is 0 Å². The standard InChI is InChI=1S/C14H13ClF2N4O2/c1-8-18-5-4-10(20-8)7-19-14(22)21-9-2-3-11(15)12(6-9)23-13(16)17/h2-6,13H,7H2,1H3,(H2,19,21,22). The van der Waals surface area contributed by atoms with E-state index in [2.05, 4.69) is 25.3 Å². The van der Waals surface area contributed by atoms with E-state index in [1.807, 2.05) is 0 Å². The third-order valence-electron chi connectivity index (χ3n) is 2.67. The summed E-state index contributed by atoms with van der Waals surface area (Å²) in [5, 5.41) is 5.10. The van der Waals surface area contributed by atoms with E-state index in [-0.39, 0.29) is 23.0 Å². The predicted molar refractivity (Wildman–Crippen MR) is 80.7 cm³/mol. The van der Waals surface area contributed by atoms with E-state index in [9.17, 15) is 13.6 Å². The fraction of sp³-hybridized carbons (Fsp3) is 0.214. The molecule has 122 valence electrons. The van der Waals surface area contributed by atoms with Crippen molar-refractivity contribution in [3.05, 3.63) is 47.0 Å². The number of hydrogen-bond donors (Lipinski definition) is 2. The Morgan fingerprint density at radius 2 is 2.17 bits per heavy atom. The molecule has 0 bridgehead atoms. The van der Waals surface area contributed by atoms with Gasteiger partial charge in [-0.1, -0.05) is 11.6 Å². The Hall–Kier alpha value is -2.48. The molecule has 1 aromatic heterocycles. The Bertz CT molecular complexity index is 700. The number of halogens is 3. The van der Waals surface area contributed by atoms with Gasteiger partial charge in [0, 0.05) is 18.0 Å². The molecule has 0 saturated heterocycles. The smallest absolute Gasteiger partial charge is 0.387 e. The van der Waals surface area contributed by atoms with E-state index in [1.54, 1.807) is 19.2 Å². The normalized spacial score (nSPS) is 10.5. The van der Waals surface area contributed by atoms with Gasteiger partial charge in [0.15, 0.2) is 0 Å². The first-order chi connectivity index (χ1) is 10.9. The topological polar surface area (TPSA) is 76.1 Å². The number of carbonyl (C=O) groups excluding carboxylic acids is 1. The number of nitrogens with one attached hydrogen (secondary N) is 2. The lowest BCUT2D eigenvalue weighted by Gasteiger charge is -2.11. The van der Waals surface area contributed by atoms with Crippen molar-refractivity contribution < 1.29 is 18.3 Å². The van der Waals surface area contributed by atoms with Gasteiger partial charge < -0.3 is 15.4 Å². The molecule has 1 heterocycles. The van der Waals surface area contributed by atoms with Crippen LogP contribution in [0.3, 0.4) is 0 Å². The molecule has 0 radical (unpaired) electrons. The number of amides is 2. The van der Waals surface area contributed by atoms with Crippen LogP contribution in [0.5, 0.6) is 5.75 Å². The SMILES string of the molecule is Cc1nccc(CNC(=O)Nc2ccc(Cl)c(OC(F)F)c2)n1. The number of alkyl halides is 2. The van der Waals surface area contributed by atoms with Crippen LogP contribution < -0.4 is 15.4 Å². The van der Waals surface area contributed by atoms with Gasteiger partial charge in [-0.25, -0.2) is 14.8 Å². The molecule has 9 heteroatoms. The Morgan fingerprint density at radius 3 is 2.87 bits per heavy atom. The van der Waals surface area contributed by atoms with Crippen LogP contribution in [-0.2, 0) is 6.54 Å². The zero-order valence-corrected chi connectivity index (χ0v) is 12.8. The summed E-state index contributed by atoms with van der Waals surface area (Å²) in [7, 11) is 0. The van der Waals surface area contributed by atoms with Crippen LogP contribution in [0.1, 0.15) is 11.5 Å². The van der Waals surface area contributed by atoms with Gasteiger partial charge in [0.25, 0.3) is 0 Å². The van der Waals surface area contributed by atoms with Crippen LogP contribution in [0.25, 0.3) is 0 Å². The Morgan fingerprint density at radius 1 is 1.39 bits per heavy atom. The Kier molecular flexibility index (Phi) is 5.64. The second kappa shape index (κ2) is 7.68. The van der Waals surface area contributed by atoms with Gasteiger partial charge in [-0.05, 0) is 25.1 Å². The molecule has 1 aromatic carbocycles. The number of rotatable bonds is 5. The molecule has 2 aromatic rings. The number of hydrogen-bond acceptors (Lipinski definition) is 4. The Labute approximate surface area is 135 Å². The van der Waals surface area contributed by atoms with Crippen molar-refractivity contribution in [2.24, 2.45) is 0 Å². The van der Waals surface area contributed by atoms with E-state index in [0.717, 1.165) is 0 Å². The molecular weight excluding hydrogens is 330 g/mol. The van der Waals surface area contributed by atoms with Crippen molar-refractivity contribution in [1.29, 1.82) is 0 Å². The zero-order chi connectivity index (χ0) is 16.8. The van der Waals surface area contributed by atoms with E-state index >= 15 is 0 Å². The highest BCUT2D eigenvalue weighted by molar-refractivity contribution is 6.32. The first-order valence-electron chi connectivity index (χ1n) is 6.52. The van der Waals surface area contributed by atoms with E-state index in [4.69, 9.17) is 11.6 Å². The fourth-order valence-electron chi connectivity index (χ4n) is 1.72. The van der Waals surface area contributed by atoms with Crippen molar-refractivity contribution in [2.45, 2.75) is 20.1 Å². The molecule has 6 nitrogen and oxygen atoms in total. The monoisotopic (exact) mass is 342 g/mol. The van der Waals surface area contributed by atoms with E-state index in [1.165, 1.54) is 18.2 Å². The third-order valence-corrected chi connectivity index (χ3v) is 2.98.